The number of aromatic nitrogens is 1. The van der Waals surface area contributed by atoms with Crippen LogP contribution in [0, 0.1) is 5.82 Å². The molecule has 0 N–H and O–H groups in total. The second-order valence-corrected chi connectivity index (χ2v) is 8.41. The van der Waals surface area contributed by atoms with E-state index in [0.717, 1.165) is 42.4 Å². The minimum Gasteiger partial charge on any atom is -0.356 e. The fraction of sp³-hybridized carbons (Fsp3) is 0.500. The van der Waals surface area contributed by atoms with Crippen molar-refractivity contribution in [2.75, 3.05) is 32.7 Å². The number of hydrogen-bond donors (Lipinski definition) is 0. The highest BCUT2D eigenvalue weighted by Gasteiger charge is 2.26. The number of likely N-dealkylation sites (N-methyl/N-ethyl adjacent to an activating group) is 1. The lowest BCUT2D eigenvalue weighted by Gasteiger charge is -2.32. The number of likely N-dealkylation sites (tertiary alicyclic amines) is 1. The van der Waals surface area contributed by atoms with Crippen LogP contribution in [0.1, 0.15) is 31.4 Å². The summed E-state index contributed by atoms with van der Waals surface area (Å²) in [4.78, 5) is 2.26. The van der Waals surface area contributed by atoms with Crippen molar-refractivity contribution in [3.63, 3.8) is 0 Å². The Morgan fingerprint density at radius 3 is 2.81 bits per heavy atom. The van der Waals surface area contributed by atoms with Gasteiger partial charge in [0.05, 0.1) is 5.69 Å². The fourth-order valence-electron chi connectivity index (χ4n) is 3.48. The van der Waals surface area contributed by atoms with Gasteiger partial charge in [0.25, 0.3) is 0 Å². The second-order valence-electron chi connectivity index (χ2n) is 6.53. The van der Waals surface area contributed by atoms with Gasteiger partial charge in [-0.2, -0.15) is 4.31 Å². The zero-order chi connectivity index (χ0) is 18.7. The maximum Gasteiger partial charge on any atom is 0.235 e. The Morgan fingerprint density at radius 2 is 2.15 bits per heavy atom. The molecule has 0 spiro atoms. The Labute approximate surface area is 153 Å². The highest BCUT2D eigenvalue weighted by atomic mass is 32.2. The smallest absolute Gasteiger partial charge is 0.235 e. The number of halogens is 1. The van der Waals surface area contributed by atoms with Crippen molar-refractivity contribution in [2.45, 2.75) is 25.7 Å². The van der Waals surface area contributed by atoms with Gasteiger partial charge < -0.3 is 9.42 Å². The highest BCUT2D eigenvalue weighted by molar-refractivity contribution is 7.92. The van der Waals surface area contributed by atoms with E-state index in [2.05, 4.69) is 16.6 Å². The van der Waals surface area contributed by atoms with Crippen LogP contribution in [0.5, 0.6) is 0 Å². The van der Waals surface area contributed by atoms with Crippen LogP contribution in [0.4, 0.5) is 4.39 Å². The number of rotatable bonds is 7. The first kappa shape index (κ1) is 19.0. The first-order valence-corrected chi connectivity index (χ1v) is 10.3. The van der Waals surface area contributed by atoms with E-state index in [9.17, 15) is 12.8 Å². The Kier molecular flexibility index (Phi) is 5.74. The average molecular weight is 381 g/mol. The Hall–Kier alpha value is -1.77. The SMILES string of the molecule is C=CS(=O)(=O)N(CC)CCN1CCC(c2noc3cc(F)ccc23)CC1. The van der Waals surface area contributed by atoms with Crippen molar-refractivity contribution in [1.82, 2.24) is 14.4 Å². The summed E-state index contributed by atoms with van der Waals surface area (Å²) in [6, 6.07) is 4.51. The third kappa shape index (κ3) is 3.97. The molecular weight excluding hydrogens is 357 g/mol. The van der Waals surface area contributed by atoms with E-state index in [0.29, 0.717) is 25.2 Å². The number of nitrogens with zero attached hydrogens (tertiary/aromatic N) is 3. The highest BCUT2D eigenvalue weighted by Crippen LogP contribution is 2.32. The Bertz CT molecular complexity index is 873. The van der Waals surface area contributed by atoms with E-state index in [1.807, 2.05) is 6.92 Å². The van der Waals surface area contributed by atoms with Crippen LogP contribution >= 0.6 is 0 Å². The van der Waals surface area contributed by atoms with Gasteiger partial charge in [0.2, 0.25) is 10.0 Å². The van der Waals surface area contributed by atoms with E-state index in [-0.39, 0.29) is 11.7 Å². The normalized spacial score (nSPS) is 17.2. The molecule has 1 aromatic heterocycles. The minimum atomic E-state index is -3.37. The molecule has 2 aromatic rings. The predicted molar refractivity (Wildman–Crippen MR) is 98.7 cm³/mol. The van der Waals surface area contributed by atoms with Crippen LogP contribution < -0.4 is 0 Å². The van der Waals surface area contributed by atoms with Gasteiger partial charge >= 0.3 is 0 Å². The number of fused-ring (bicyclic) bond motifs is 1. The molecular formula is C18H24FN3O3S. The van der Waals surface area contributed by atoms with Crippen molar-refractivity contribution >= 4 is 21.0 Å². The molecule has 142 valence electrons. The first-order chi connectivity index (χ1) is 12.4. The summed E-state index contributed by atoms with van der Waals surface area (Å²) in [6.45, 7) is 8.53. The third-order valence-corrected chi connectivity index (χ3v) is 6.61. The van der Waals surface area contributed by atoms with Gasteiger partial charge in [-0.25, -0.2) is 12.8 Å². The van der Waals surface area contributed by atoms with Crippen molar-refractivity contribution in [1.29, 1.82) is 0 Å². The largest absolute Gasteiger partial charge is 0.356 e. The van der Waals surface area contributed by atoms with Gasteiger partial charge in [-0.1, -0.05) is 18.7 Å². The molecule has 1 aromatic carbocycles. The molecule has 0 unspecified atom stereocenters. The van der Waals surface area contributed by atoms with Gasteiger partial charge in [-0.05, 0) is 38.1 Å². The lowest BCUT2D eigenvalue weighted by Crippen LogP contribution is -2.40. The third-order valence-electron chi connectivity index (χ3n) is 5.03. The molecule has 0 aliphatic carbocycles. The van der Waals surface area contributed by atoms with Gasteiger partial charge in [0, 0.05) is 42.4 Å². The molecule has 1 saturated heterocycles. The molecule has 2 heterocycles. The van der Waals surface area contributed by atoms with Gasteiger partial charge in [-0.15, -0.1) is 0 Å². The van der Waals surface area contributed by atoms with Crippen LogP contribution in [0.25, 0.3) is 11.0 Å². The summed E-state index contributed by atoms with van der Waals surface area (Å²) in [6.07, 6.45) is 1.83. The molecule has 0 saturated carbocycles. The zero-order valence-electron chi connectivity index (χ0n) is 14.9. The standard InChI is InChI=1S/C18H24FN3O3S/c1-3-22(26(23,24)4-2)12-11-21-9-7-14(8-10-21)18-16-6-5-15(19)13-17(16)25-20-18/h4-6,13-14H,2-3,7-12H2,1H3. The summed E-state index contributed by atoms with van der Waals surface area (Å²) in [7, 11) is -3.37. The van der Waals surface area contributed by atoms with E-state index < -0.39 is 10.0 Å². The predicted octanol–water partition coefficient (Wildman–Crippen LogP) is 2.94. The number of piperidine rings is 1. The maximum absolute atomic E-state index is 13.3. The van der Waals surface area contributed by atoms with Crippen molar-refractivity contribution in [2.24, 2.45) is 0 Å². The molecule has 3 rings (SSSR count). The molecule has 8 heteroatoms. The summed E-state index contributed by atoms with van der Waals surface area (Å²) in [5.41, 5.74) is 1.37. The number of sulfonamides is 1. The van der Waals surface area contributed by atoms with Crippen LogP contribution in [-0.2, 0) is 10.0 Å². The molecule has 0 bridgehead atoms. The molecule has 26 heavy (non-hydrogen) atoms. The van der Waals surface area contributed by atoms with Gasteiger partial charge in [-0.3, -0.25) is 0 Å². The van der Waals surface area contributed by atoms with Crippen LogP contribution in [0.2, 0.25) is 0 Å². The molecule has 6 nitrogen and oxygen atoms in total. The molecule has 1 aliphatic heterocycles. The summed E-state index contributed by atoms with van der Waals surface area (Å²) in [5, 5.41) is 6.03. The monoisotopic (exact) mass is 381 g/mol. The first-order valence-electron chi connectivity index (χ1n) is 8.84. The lowest BCUT2D eigenvalue weighted by molar-refractivity contribution is 0.198. The quantitative estimate of drug-likeness (QED) is 0.738. The van der Waals surface area contributed by atoms with E-state index in [1.165, 1.54) is 16.4 Å². The van der Waals surface area contributed by atoms with Crippen LogP contribution in [-0.4, -0.2) is 55.5 Å². The molecule has 1 aliphatic rings. The van der Waals surface area contributed by atoms with Crippen molar-refractivity contribution in [3.05, 3.63) is 41.7 Å². The molecule has 0 atom stereocenters. The van der Waals surface area contributed by atoms with Crippen molar-refractivity contribution < 1.29 is 17.3 Å². The maximum atomic E-state index is 13.3. The number of benzene rings is 1. The zero-order valence-corrected chi connectivity index (χ0v) is 15.7. The van der Waals surface area contributed by atoms with Gasteiger partial charge in [0.15, 0.2) is 5.58 Å². The average Bonchev–Trinajstić information content (AvgIpc) is 3.05. The molecule has 0 amide bonds. The fourth-order valence-corrected chi connectivity index (χ4v) is 4.39. The Balaban J connectivity index is 1.58. The Morgan fingerprint density at radius 1 is 1.42 bits per heavy atom. The lowest BCUT2D eigenvalue weighted by atomic mass is 9.91. The van der Waals surface area contributed by atoms with Crippen LogP contribution in [0.3, 0.4) is 0 Å². The van der Waals surface area contributed by atoms with E-state index >= 15 is 0 Å². The van der Waals surface area contributed by atoms with E-state index in [1.54, 1.807) is 6.07 Å². The topological polar surface area (TPSA) is 66.7 Å². The molecule has 1 fully saturated rings. The number of hydrogen-bond acceptors (Lipinski definition) is 5. The minimum absolute atomic E-state index is 0.275. The van der Waals surface area contributed by atoms with Gasteiger partial charge in [0.1, 0.15) is 5.82 Å². The van der Waals surface area contributed by atoms with Crippen molar-refractivity contribution in [3.8, 4) is 0 Å². The van der Waals surface area contributed by atoms with Crippen LogP contribution in [0.15, 0.2) is 34.7 Å². The summed E-state index contributed by atoms with van der Waals surface area (Å²) >= 11 is 0. The molecule has 0 radical (unpaired) electrons. The second kappa shape index (κ2) is 7.85. The van der Waals surface area contributed by atoms with E-state index in [4.69, 9.17) is 4.52 Å². The summed E-state index contributed by atoms with van der Waals surface area (Å²) in [5.74, 6) is -0.0536. The summed E-state index contributed by atoms with van der Waals surface area (Å²) < 4.78 is 43.8.